The van der Waals surface area contributed by atoms with E-state index in [0.717, 1.165) is 26.2 Å². The number of rotatable bonds is 5. The Labute approximate surface area is 122 Å². The van der Waals surface area contributed by atoms with Crippen molar-refractivity contribution >= 4 is 5.91 Å². The minimum absolute atomic E-state index is 0.304. The second-order valence-corrected chi connectivity index (χ2v) is 5.80. The summed E-state index contributed by atoms with van der Waals surface area (Å²) < 4.78 is 0. The van der Waals surface area contributed by atoms with Crippen LogP contribution in [0, 0.1) is 13.8 Å². The van der Waals surface area contributed by atoms with Crippen LogP contribution in [0.25, 0.3) is 0 Å². The van der Waals surface area contributed by atoms with Gasteiger partial charge in [0.2, 0.25) is 5.91 Å². The summed E-state index contributed by atoms with van der Waals surface area (Å²) in [7, 11) is 0. The number of benzene rings is 1. The van der Waals surface area contributed by atoms with Gasteiger partial charge in [0.15, 0.2) is 0 Å². The van der Waals surface area contributed by atoms with E-state index in [-0.39, 0.29) is 0 Å². The van der Waals surface area contributed by atoms with Crippen LogP contribution in [0.5, 0.6) is 0 Å². The van der Waals surface area contributed by atoms with E-state index in [1.807, 2.05) is 4.90 Å². The lowest BCUT2D eigenvalue weighted by Gasteiger charge is -2.26. The van der Waals surface area contributed by atoms with E-state index in [0.29, 0.717) is 12.3 Å². The molecule has 0 bridgehead atoms. The number of aryl methyl sites for hydroxylation is 2. The van der Waals surface area contributed by atoms with E-state index in [4.69, 9.17) is 0 Å². The smallest absolute Gasteiger partial charge is 0.223 e. The van der Waals surface area contributed by atoms with Gasteiger partial charge in [-0.3, -0.25) is 4.79 Å². The minimum Gasteiger partial charge on any atom is -0.343 e. The highest BCUT2D eigenvalue weighted by molar-refractivity contribution is 5.76. The molecule has 0 aromatic heterocycles. The lowest BCUT2D eigenvalue weighted by Crippen LogP contribution is -2.37. The molecule has 1 amide bonds. The number of amides is 1. The monoisotopic (exact) mass is 274 g/mol. The SMILES string of the molecule is Cc1ccc(C)c(CNCCC(=O)N2CCCCC2)c1. The summed E-state index contributed by atoms with van der Waals surface area (Å²) in [5.41, 5.74) is 3.93. The van der Waals surface area contributed by atoms with Crippen LogP contribution in [0.4, 0.5) is 0 Å². The summed E-state index contributed by atoms with van der Waals surface area (Å²) >= 11 is 0. The third-order valence-electron chi connectivity index (χ3n) is 4.04. The Balaban J connectivity index is 1.70. The molecule has 3 heteroatoms. The average Bonchev–Trinajstić information content (AvgIpc) is 2.47. The largest absolute Gasteiger partial charge is 0.343 e. The molecule has 0 unspecified atom stereocenters. The van der Waals surface area contributed by atoms with E-state index < -0.39 is 0 Å². The number of nitrogens with zero attached hydrogens (tertiary/aromatic N) is 1. The molecule has 20 heavy (non-hydrogen) atoms. The first-order valence-electron chi connectivity index (χ1n) is 7.71. The van der Waals surface area contributed by atoms with Crippen molar-refractivity contribution in [2.45, 2.75) is 46.1 Å². The fraction of sp³-hybridized carbons (Fsp3) is 0.588. The maximum absolute atomic E-state index is 12.0. The van der Waals surface area contributed by atoms with E-state index in [1.54, 1.807) is 0 Å². The quantitative estimate of drug-likeness (QED) is 0.837. The van der Waals surface area contributed by atoms with Crippen LogP contribution in [0.3, 0.4) is 0 Å². The third kappa shape index (κ3) is 4.34. The zero-order valence-corrected chi connectivity index (χ0v) is 12.7. The van der Waals surface area contributed by atoms with Crippen LogP contribution in [-0.4, -0.2) is 30.4 Å². The van der Waals surface area contributed by atoms with Gasteiger partial charge in [-0.2, -0.15) is 0 Å². The van der Waals surface area contributed by atoms with Crippen molar-refractivity contribution in [2.24, 2.45) is 0 Å². The van der Waals surface area contributed by atoms with E-state index >= 15 is 0 Å². The third-order valence-corrected chi connectivity index (χ3v) is 4.04. The highest BCUT2D eigenvalue weighted by atomic mass is 16.2. The summed E-state index contributed by atoms with van der Waals surface area (Å²) in [5, 5.41) is 3.39. The van der Waals surface area contributed by atoms with Crippen molar-refractivity contribution in [3.63, 3.8) is 0 Å². The van der Waals surface area contributed by atoms with Crippen LogP contribution in [-0.2, 0) is 11.3 Å². The van der Waals surface area contributed by atoms with Crippen LogP contribution >= 0.6 is 0 Å². The molecule has 1 saturated heterocycles. The van der Waals surface area contributed by atoms with Gasteiger partial charge in [0, 0.05) is 32.6 Å². The van der Waals surface area contributed by atoms with Gasteiger partial charge in [-0.25, -0.2) is 0 Å². The summed E-state index contributed by atoms with van der Waals surface area (Å²) in [4.78, 5) is 14.0. The Kier molecular flexibility index (Phi) is 5.60. The topological polar surface area (TPSA) is 32.3 Å². The van der Waals surface area contributed by atoms with Crippen LogP contribution in [0.2, 0.25) is 0 Å². The molecule has 110 valence electrons. The molecular formula is C17H26N2O. The van der Waals surface area contributed by atoms with Gasteiger partial charge in [-0.05, 0) is 44.2 Å². The lowest BCUT2D eigenvalue weighted by atomic mass is 10.1. The second kappa shape index (κ2) is 7.44. The highest BCUT2D eigenvalue weighted by Crippen LogP contribution is 2.11. The van der Waals surface area contributed by atoms with E-state index in [1.165, 1.54) is 36.0 Å². The average molecular weight is 274 g/mol. The molecule has 0 aliphatic carbocycles. The Bertz CT molecular complexity index is 450. The predicted octanol–water partition coefficient (Wildman–Crippen LogP) is 2.80. The lowest BCUT2D eigenvalue weighted by molar-refractivity contribution is -0.131. The number of carbonyl (C=O) groups is 1. The standard InChI is InChI=1S/C17H26N2O/c1-14-6-7-15(2)16(12-14)13-18-9-8-17(20)19-10-4-3-5-11-19/h6-7,12,18H,3-5,8-11,13H2,1-2H3. The summed E-state index contributed by atoms with van der Waals surface area (Å²) in [5.74, 6) is 0.304. The molecule has 1 aliphatic heterocycles. The Morgan fingerprint density at radius 1 is 1.20 bits per heavy atom. The molecule has 1 aromatic carbocycles. The van der Waals surface area contributed by atoms with Gasteiger partial charge in [0.25, 0.3) is 0 Å². The highest BCUT2D eigenvalue weighted by Gasteiger charge is 2.15. The first kappa shape index (κ1) is 15.0. The molecule has 1 heterocycles. The fourth-order valence-electron chi connectivity index (χ4n) is 2.71. The van der Waals surface area contributed by atoms with Gasteiger partial charge in [0.05, 0.1) is 0 Å². The van der Waals surface area contributed by atoms with Gasteiger partial charge >= 0.3 is 0 Å². The van der Waals surface area contributed by atoms with Crippen molar-refractivity contribution in [2.75, 3.05) is 19.6 Å². The Hall–Kier alpha value is -1.35. The minimum atomic E-state index is 0.304. The molecule has 0 saturated carbocycles. The summed E-state index contributed by atoms with van der Waals surface area (Å²) in [6.07, 6.45) is 4.23. The zero-order chi connectivity index (χ0) is 14.4. The molecule has 0 radical (unpaired) electrons. The van der Waals surface area contributed by atoms with Crippen LogP contribution < -0.4 is 5.32 Å². The van der Waals surface area contributed by atoms with Gasteiger partial charge < -0.3 is 10.2 Å². The molecule has 0 spiro atoms. The number of piperidine rings is 1. The molecule has 2 rings (SSSR count). The normalized spacial score (nSPS) is 15.4. The van der Waals surface area contributed by atoms with Gasteiger partial charge in [0.1, 0.15) is 0 Å². The molecule has 1 aromatic rings. The zero-order valence-electron chi connectivity index (χ0n) is 12.7. The number of likely N-dealkylation sites (tertiary alicyclic amines) is 1. The molecule has 1 fully saturated rings. The van der Waals surface area contributed by atoms with Crippen molar-refractivity contribution in [3.05, 3.63) is 34.9 Å². The summed E-state index contributed by atoms with van der Waals surface area (Å²) in [6, 6.07) is 6.51. The van der Waals surface area contributed by atoms with Crippen LogP contribution in [0.1, 0.15) is 42.4 Å². The van der Waals surface area contributed by atoms with Crippen molar-refractivity contribution in [1.82, 2.24) is 10.2 Å². The van der Waals surface area contributed by atoms with Gasteiger partial charge in [-0.1, -0.05) is 23.8 Å². The summed E-state index contributed by atoms with van der Waals surface area (Å²) in [6.45, 7) is 7.77. The second-order valence-electron chi connectivity index (χ2n) is 5.80. The molecule has 1 N–H and O–H groups in total. The number of carbonyl (C=O) groups excluding carboxylic acids is 1. The Morgan fingerprint density at radius 2 is 1.95 bits per heavy atom. The first-order chi connectivity index (χ1) is 9.66. The van der Waals surface area contributed by atoms with E-state index in [9.17, 15) is 4.79 Å². The number of hydrogen-bond acceptors (Lipinski definition) is 2. The first-order valence-corrected chi connectivity index (χ1v) is 7.71. The van der Waals surface area contributed by atoms with Gasteiger partial charge in [-0.15, -0.1) is 0 Å². The molecular weight excluding hydrogens is 248 g/mol. The van der Waals surface area contributed by atoms with Crippen molar-refractivity contribution in [3.8, 4) is 0 Å². The van der Waals surface area contributed by atoms with Crippen molar-refractivity contribution < 1.29 is 4.79 Å². The maximum atomic E-state index is 12.0. The molecule has 1 aliphatic rings. The number of nitrogens with one attached hydrogen (secondary N) is 1. The Morgan fingerprint density at radius 3 is 2.70 bits per heavy atom. The van der Waals surface area contributed by atoms with Crippen LogP contribution in [0.15, 0.2) is 18.2 Å². The number of hydrogen-bond donors (Lipinski definition) is 1. The molecule has 0 atom stereocenters. The molecule has 3 nitrogen and oxygen atoms in total. The predicted molar refractivity (Wildman–Crippen MR) is 82.7 cm³/mol. The maximum Gasteiger partial charge on any atom is 0.223 e. The fourth-order valence-corrected chi connectivity index (χ4v) is 2.71. The van der Waals surface area contributed by atoms with E-state index in [2.05, 4.69) is 37.4 Å². The van der Waals surface area contributed by atoms with Crippen molar-refractivity contribution in [1.29, 1.82) is 0 Å².